The van der Waals surface area contributed by atoms with Crippen molar-refractivity contribution in [2.24, 2.45) is 11.8 Å². The fourth-order valence-electron chi connectivity index (χ4n) is 1.80. The summed E-state index contributed by atoms with van der Waals surface area (Å²) in [4.78, 5) is 22.8. The second kappa shape index (κ2) is 12.6. The van der Waals surface area contributed by atoms with Gasteiger partial charge in [0.05, 0.1) is 13.2 Å². The van der Waals surface area contributed by atoms with Gasteiger partial charge in [0.2, 0.25) is 11.8 Å². The van der Waals surface area contributed by atoms with Gasteiger partial charge in [-0.25, -0.2) is 0 Å². The molecule has 2 amide bonds. The highest BCUT2D eigenvalue weighted by Crippen LogP contribution is 2.01. The zero-order valence-electron chi connectivity index (χ0n) is 14.0. The Morgan fingerprint density at radius 1 is 0.905 bits per heavy atom. The van der Waals surface area contributed by atoms with E-state index in [2.05, 4.69) is 24.5 Å². The molecule has 0 unspecified atom stereocenters. The summed E-state index contributed by atoms with van der Waals surface area (Å²) < 4.78 is 5.33. The van der Waals surface area contributed by atoms with Crippen LogP contribution in [-0.2, 0) is 14.3 Å². The predicted octanol–water partition coefficient (Wildman–Crippen LogP) is 2.11. The number of hydrogen-bond acceptors (Lipinski definition) is 3. The van der Waals surface area contributed by atoms with E-state index < -0.39 is 0 Å². The molecule has 0 aromatic heterocycles. The molecule has 0 aliphatic heterocycles. The van der Waals surface area contributed by atoms with Crippen LogP contribution in [0.25, 0.3) is 0 Å². The molecule has 0 atom stereocenters. The molecule has 0 fully saturated rings. The van der Waals surface area contributed by atoms with Crippen molar-refractivity contribution < 1.29 is 14.3 Å². The zero-order chi connectivity index (χ0) is 16.1. The summed E-state index contributed by atoms with van der Waals surface area (Å²) in [6, 6.07) is 0. The molecule has 5 nitrogen and oxygen atoms in total. The van der Waals surface area contributed by atoms with E-state index in [9.17, 15) is 9.59 Å². The van der Waals surface area contributed by atoms with Crippen LogP contribution in [0.2, 0.25) is 0 Å². The van der Waals surface area contributed by atoms with E-state index in [-0.39, 0.29) is 11.8 Å². The number of carbonyl (C=O) groups excluding carboxylic acids is 2. The molecule has 0 saturated carbocycles. The van der Waals surface area contributed by atoms with Gasteiger partial charge >= 0.3 is 0 Å². The highest BCUT2D eigenvalue weighted by Gasteiger charge is 2.04. The van der Waals surface area contributed by atoms with Gasteiger partial charge in [-0.2, -0.15) is 0 Å². The molecule has 0 aromatic carbocycles. The van der Waals surface area contributed by atoms with Crippen molar-refractivity contribution in [3.05, 3.63) is 0 Å². The molecule has 0 aliphatic carbocycles. The first-order valence-electron chi connectivity index (χ1n) is 8.03. The quantitative estimate of drug-likeness (QED) is 0.542. The molecule has 124 valence electrons. The zero-order valence-corrected chi connectivity index (χ0v) is 14.0. The van der Waals surface area contributed by atoms with Gasteiger partial charge in [-0.1, -0.05) is 27.7 Å². The van der Waals surface area contributed by atoms with Crippen molar-refractivity contribution in [2.75, 3.05) is 26.3 Å². The number of hydrogen-bond donors (Lipinski definition) is 2. The first kappa shape index (κ1) is 19.9. The van der Waals surface area contributed by atoms with Crippen molar-refractivity contribution in [3.63, 3.8) is 0 Å². The van der Waals surface area contributed by atoms with Crippen LogP contribution in [0.4, 0.5) is 0 Å². The molecule has 0 rings (SSSR count). The van der Waals surface area contributed by atoms with Crippen LogP contribution in [0.15, 0.2) is 0 Å². The third-order valence-electron chi connectivity index (χ3n) is 2.92. The van der Waals surface area contributed by atoms with Gasteiger partial charge in [-0.05, 0) is 24.7 Å². The number of rotatable bonds is 12. The number of carbonyl (C=O) groups is 2. The SMILES string of the molecule is CC(C)CCCNC(=O)CCOCCNC(=O)CC(C)C. The summed E-state index contributed by atoms with van der Waals surface area (Å²) >= 11 is 0. The van der Waals surface area contributed by atoms with Crippen LogP contribution < -0.4 is 10.6 Å². The molecule has 0 aliphatic rings. The monoisotopic (exact) mass is 300 g/mol. The van der Waals surface area contributed by atoms with Crippen LogP contribution >= 0.6 is 0 Å². The fraction of sp³-hybridized carbons (Fsp3) is 0.875. The predicted molar refractivity (Wildman–Crippen MR) is 85.0 cm³/mol. The summed E-state index contributed by atoms with van der Waals surface area (Å²) in [6.45, 7) is 10.5. The first-order chi connectivity index (χ1) is 9.91. The Balaban J connectivity index is 3.34. The minimum Gasteiger partial charge on any atom is -0.379 e. The van der Waals surface area contributed by atoms with Crippen LogP contribution in [0.3, 0.4) is 0 Å². The Bertz CT molecular complexity index is 291. The lowest BCUT2D eigenvalue weighted by atomic mass is 10.1. The Hall–Kier alpha value is -1.10. The molecule has 0 radical (unpaired) electrons. The third kappa shape index (κ3) is 15.1. The normalized spacial score (nSPS) is 11.0. The average molecular weight is 300 g/mol. The van der Waals surface area contributed by atoms with Gasteiger partial charge in [0.25, 0.3) is 0 Å². The van der Waals surface area contributed by atoms with Crippen molar-refractivity contribution in [1.29, 1.82) is 0 Å². The lowest BCUT2D eigenvalue weighted by molar-refractivity contribution is -0.123. The second-order valence-electron chi connectivity index (χ2n) is 6.20. The maximum atomic E-state index is 11.5. The van der Waals surface area contributed by atoms with Crippen LogP contribution in [0.5, 0.6) is 0 Å². The lowest BCUT2D eigenvalue weighted by Crippen LogP contribution is -2.29. The summed E-state index contributed by atoms with van der Waals surface area (Å²) in [6.07, 6.45) is 3.07. The molecule has 0 bridgehead atoms. The maximum absolute atomic E-state index is 11.5. The Kier molecular flexibility index (Phi) is 12.0. The molecule has 0 spiro atoms. The van der Waals surface area contributed by atoms with E-state index in [1.807, 2.05) is 13.8 Å². The van der Waals surface area contributed by atoms with Crippen molar-refractivity contribution in [2.45, 2.75) is 53.4 Å². The number of ether oxygens (including phenoxy) is 1. The smallest absolute Gasteiger partial charge is 0.222 e. The van der Waals surface area contributed by atoms with Gasteiger partial charge in [0.15, 0.2) is 0 Å². The van der Waals surface area contributed by atoms with Crippen molar-refractivity contribution >= 4 is 11.8 Å². The minimum absolute atomic E-state index is 0.0302. The highest BCUT2D eigenvalue weighted by molar-refractivity contribution is 5.76. The molecule has 0 saturated heterocycles. The summed E-state index contributed by atoms with van der Waals surface area (Å²) in [5.74, 6) is 1.13. The van der Waals surface area contributed by atoms with Gasteiger partial charge in [-0.15, -0.1) is 0 Å². The topological polar surface area (TPSA) is 67.4 Å². The van der Waals surface area contributed by atoms with Gasteiger partial charge < -0.3 is 15.4 Å². The third-order valence-corrected chi connectivity index (χ3v) is 2.92. The molecule has 21 heavy (non-hydrogen) atoms. The minimum atomic E-state index is 0.0302. The van der Waals surface area contributed by atoms with E-state index in [0.29, 0.717) is 44.4 Å². The van der Waals surface area contributed by atoms with Crippen LogP contribution in [0, 0.1) is 11.8 Å². The fourth-order valence-corrected chi connectivity index (χ4v) is 1.80. The van der Waals surface area contributed by atoms with Gasteiger partial charge in [-0.3, -0.25) is 9.59 Å². The molecule has 0 aromatic rings. The van der Waals surface area contributed by atoms with E-state index in [0.717, 1.165) is 19.4 Å². The number of nitrogens with one attached hydrogen (secondary N) is 2. The molecule has 5 heteroatoms. The standard InChI is InChI=1S/C16H32N2O3/c1-13(2)6-5-8-17-15(19)7-10-21-11-9-18-16(20)12-14(3)4/h13-14H,5-12H2,1-4H3,(H,17,19)(H,18,20). The Labute approximate surface area is 129 Å². The van der Waals surface area contributed by atoms with Gasteiger partial charge in [0.1, 0.15) is 0 Å². The van der Waals surface area contributed by atoms with Crippen LogP contribution in [-0.4, -0.2) is 38.1 Å². The largest absolute Gasteiger partial charge is 0.379 e. The van der Waals surface area contributed by atoms with Crippen molar-refractivity contribution in [3.8, 4) is 0 Å². The van der Waals surface area contributed by atoms with Crippen molar-refractivity contribution in [1.82, 2.24) is 10.6 Å². The Morgan fingerprint density at radius 2 is 1.57 bits per heavy atom. The molecule has 2 N–H and O–H groups in total. The van der Waals surface area contributed by atoms with E-state index in [1.54, 1.807) is 0 Å². The highest BCUT2D eigenvalue weighted by atomic mass is 16.5. The maximum Gasteiger partial charge on any atom is 0.222 e. The average Bonchev–Trinajstić information content (AvgIpc) is 2.37. The second-order valence-corrected chi connectivity index (χ2v) is 6.20. The van der Waals surface area contributed by atoms with Gasteiger partial charge in [0, 0.05) is 25.9 Å². The first-order valence-corrected chi connectivity index (χ1v) is 8.03. The van der Waals surface area contributed by atoms with E-state index in [4.69, 9.17) is 4.74 Å². The summed E-state index contributed by atoms with van der Waals surface area (Å²) in [5, 5.41) is 5.67. The molecular formula is C16H32N2O3. The lowest BCUT2D eigenvalue weighted by Gasteiger charge is -2.09. The van der Waals surface area contributed by atoms with Crippen LogP contribution in [0.1, 0.15) is 53.4 Å². The molecular weight excluding hydrogens is 268 g/mol. The summed E-state index contributed by atoms with van der Waals surface area (Å²) in [7, 11) is 0. The number of amides is 2. The van der Waals surface area contributed by atoms with E-state index >= 15 is 0 Å². The summed E-state index contributed by atoms with van der Waals surface area (Å²) in [5.41, 5.74) is 0. The molecule has 0 heterocycles. The Morgan fingerprint density at radius 3 is 2.19 bits per heavy atom. The van der Waals surface area contributed by atoms with E-state index in [1.165, 1.54) is 0 Å².